The van der Waals surface area contributed by atoms with Crippen LogP contribution in [0.4, 0.5) is 0 Å². The number of aliphatic hydroxyl groups excluding tert-OH is 1. The molecule has 1 aromatic heterocycles. The number of benzene rings is 3. The molecule has 0 radical (unpaired) electrons. The van der Waals surface area contributed by atoms with Gasteiger partial charge in [-0.05, 0) is 61.6 Å². The van der Waals surface area contributed by atoms with Gasteiger partial charge in [-0.3, -0.25) is 0 Å². The normalized spacial score (nSPS) is 12.2. The van der Waals surface area contributed by atoms with Crippen molar-refractivity contribution in [3.05, 3.63) is 95.3 Å². The number of aromatic nitrogens is 2. The second kappa shape index (κ2) is 9.14. The van der Waals surface area contributed by atoms with Crippen molar-refractivity contribution in [2.24, 2.45) is 0 Å². The Labute approximate surface area is 177 Å². The molecule has 0 aliphatic carbocycles. The van der Waals surface area contributed by atoms with Crippen molar-refractivity contribution in [2.45, 2.75) is 39.3 Å². The lowest BCUT2D eigenvalue weighted by Crippen LogP contribution is -2.11. The average molecular weight is 401 g/mol. The number of aliphatic hydroxyl groups is 1. The molecule has 0 saturated heterocycles. The number of ether oxygens (including phenoxy) is 1. The maximum atomic E-state index is 11.0. The number of rotatable bonds is 8. The highest BCUT2D eigenvalue weighted by Crippen LogP contribution is 2.26. The predicted molar refractivity (Wildman–Crippen MR) is 121 cm³/mol. The minimum atomic E-state index is -0.746. The van der Waals surface area contributed by atoms with Gasteiger partial charge in [-0.1, -0.05) is 54.6 Å². The highest BCUT2D eigenvalue weighted by molar-refractivity contribution is 5.76. The summed E-state index contributed by atoms with van der Waals surface area (Å²) < 4.78 is 8.14. The number of aryl methyl sites for hydroxylation is 3. The van der Waals surface area contributed by atoms with Crippen LogP contribution in [0.3, 0.4) is 0 Å². The Kier molecular flexibility index (Phi) is 6.15. The van der Waals surface area contributed by atoms with E-state index < -0.39 is 6.10 Å². The van der Waals surface area contributed by atoms with E-state index in [1.807, 2.05) is 48.5 Å². The van der Waals surface area contributed by atoms with Crippen molar-refractivity contribution in [3.8, 4) is 5.75 Å². The Hall–Kier alpha value is -3.11. The fourth-order valence-electron chi connectivity index (χ4n) is 3.74. The van der Waals surface area contributed by atoms with Gasteiger partial charge in [0, 0.05) is 6.54 Å². The number of para-hydroxylation sites is 2. The van der Waals surface area contributed by atoms with Gasteiger partial charge in [0.15, 0.2) is 0 Å². The molecule has 0 aliphatic rings. The van der Waals surface area contributed by atoms with E-state index in [9.17, 15) is 5.11 Å². The van der Waals surface area contributed by atoms with E-state index in [4.69, 9.17) is 9.72 Å². The first-order valence-electron chi connectivity index (χ1n) is 10.5. The van der Waals surface area contributed by atoms with Crippen LogP contribution in [0.25, 0.3) is 11.0 Å². The first-order chi connectivity index (χ1) is 14.6. The van der Waals surface area contributed by atoms with Gasteiger partial charge in [-0.2, -0.15) is 0 Å². The average Bonchev–Trinajstić information content (AvgIpc) is 3.14. The molecular formula is C26H28N2O2. The highest BCUT2D eigenvalue weighted by atomic mass is 16.5. The molecule has 0 amide bonds. The molecule has 1 atom stereocenters. The molecule has 3 aromatic carbocycles. The molecule has 30 heavy (non-hydrogen) atoms. The van der Waals surface area contributed by atoms with Crippen molar-refractivity contribution < 1.29 is 9.84 Å². The Bertz CT molecular complexity index is 1120. The van der Waals surface area contributed by atoms with E-state index in [0.717, 1.165) is 47.3 Å². The van der Waals surface area contributed by atoms with Crippen molar-refractivity contribution >= 4 is 11.0 Å². The van der Waals surface area contributed by atoms with Gasteiger partial charge in [-0.15, -0.1) is 0 Å². The first-order valence-corrected chi connectivity index (χ1v) is 10.5. The molecule has 0 spiro atoms. The lowest BCUT2D eigenvalue weighted by atomic mass is 10.1. The molecular weight excluding hydrogens is 372 g/mol. The number of nitrogens with zero attached hydrogens (tertiary/aromatic N) is 2. The quantitative estimate of drug-likeness (QED) is 0.392. The molecule has 154 valence electrons. The van der Waals surface area contributed by atoms with Crippen LogP contribution in [0.2, 0.25) is 0 Å². The zero-order chi connectivity index (χ0) is 20.9. The summed E-state index contributed by atoms with van der Waals surface area (Å²) in [4.78, 5) is 4.74. The Morgan fingerprint density at radius 1 is 0.933 bits per heavy atom. The summed E-state index contributed by atoms with van der Waals surface area (Å²) in [5.74, 6) is 1.65. The lowest BCUT2D eigenvalue weighted by molar-refractivity contribution is 0.204. The van der Waals surface area contributed by atoms with Crippen LogP contribution in [0.5, 0.6) is 5.75 Å². The zero-order valence-electron chi connectivity index (χ0n) is 17.6. The third-order valence-corrected chi connectivity index (χ3v) is 5.42. The van der Waals surface area contributed by atoms with Crippen LogP contribution in [-0.2, 0) is 6.54 Å². The number of hydrogen-bond acceptors (Lipinski definition) is 3. The molecule has 4 rings (SSSR count). The molecule has 0 saturated carbocycles. The van der Waals surface area contributed by atoms with Crippen molar-refractivity contribution in [1.82, 2.24) is 9.55 Å². The molecule has 0 bridgehead atoms. The summed E-state index contributed by atoms with van der Waals surface area (Å²) in [5.41, 5.74) is 5.19. The number of unbranched alkanes of at least 4 members (excludes halogenated alkanes) is 1. The topological polar surface area (TPSA) is 47.3 Å². The lowest BCUT2D eigenvalue weighted by Gasteiger charge is -2.15. The van der Waals surface area contributed by atoms with E-state index in [-0.39, 0.29) is 0 Å². The van der Waals surface area contributed by atoms with Crippen LogP contribution >= 0.6 is 0 Å². The Morgan fingerprint density at radius 3 is 2.53 bits per heavy atom. The largest absolute Gasteiger partial charge is 0.493 e. The predicted octanol–water partition coefficient (Wildman–Crippen LogP) is 5.59. The van der Waals surface area contributed by atoms with Gasteiger partial charge in [-0.25, -0.2) is 4.98 Å². The van der Waals surface area contributed by atoms with E-state index in [1.54, 1.807) is 0 Å². The highest BCUT2D eigenvalue weighted by Gasteiger charge is 2.19. The number of fused-ring (bicyclic) bond motifs is 1. The second-order valence-corrected chi connectivity index (χ2v) is 7.75. The summed E-state index contributed by atoms with van der Waals surface area (Å²) in [6, 6.07) is 24.1. The molecule has 0 fully saturated rings. The molecule has 4 aromatic rings. The van der Waals surface area contributed by atoms with Gasteiger partial charge in [0.2, 0.25) is 0 Å². The zero-order valence-corrected chi connectivity index (χ0v) is 17.6. The van der Waals surface area contributed by atoms with Gasteiger partial charge >= 0.3 is 0 Å². The SMILES string of the molecule is Cc1ccc(C)c(OCCCCn2c(C(O)c3ccccc3)nc3ccccc32)c1. The van der Waals surface area contributed by atoms with E-state index in [1.165, 1.54) is 5.56 Å². The fourth-order valence-corrected chi connectivity index (χ4v) is 3.74. The third kappa shape index (κ3) is 4.39. The summed E-state index contributed by atoms with van der Waals surface area (Å²) in [6.45, 7) is 5.61. The minimum Gasteiger partial charge on any atom is -0.493 e. The van der Waals surface area contributed by atoms with Gasteiger partial charge in [0.05, 0.1) is 17.6 Å². The van der Waals surface area contributed by atoms with E-state index in [0.29, 0.717) is 12.4 Å². The van der Waals surface area contributed by atoms with Gasteiger partial charge < -0.3 is 14.4 Å². The van der Waals surface area contributed by atoms with Gasteiger partial charge in [0.25, 0.3) is 0 Å². The standard InChI is InChI=1S/C26H28N2O2/c1-19-14-15-20(2)24(18-19)30-17-9-8-16-28-23-13-7-6-12-22(23)27-26(28)25(29)21-10-4-3-5-11-21/h3-7,10-15,18,25,29H,8-9,16-17H2,1-2H3. The van der Waals surface area contributed by atoms with Crippen LogP contribution in [0.15, 0.2) is 72.8 Å². The Morgan fingerprint density at radius 2 is 1.70 bits per heavy atom. The van der Waals surface area contributed by atoms with Crippen molar-refractivity contribution in [1.29, 1.82) is 0 Å². The van der Waals surface area contributed by atoms with Crippen molar-refractivity contribution in [3.63, 3.8) is 0 Å². The molecule has 4 heteroatoms. The number of hydrogen-bond donors (Lipinski definition) is 1. The Balaban J connectivity index is 1.46. The summed E-state index contributed by atoms with van der Waals surface area (Å²) in [6.07, 6.45) is 1.13. The van der Waals surface area contributed by atoms with E-state index in [2.05, 4.69) is 42.7 Å². The summed E-state index contributed by atoms with van der Waals surface area (Å²) in [5, 5.41) is 11.0. The number of imidazole rings is 1. The van der Waals surface area contributed by atoms with E-state index >= 15 is 0 Å². The fraction of sp³-hybridized carbons (Fsp3) is 0.269. The maximum absolute atomic E-state index is 11.0. The molecule has 1 N–H and O–H groups in total. The smallest absolute Gasteiger partial charge is 0.143 e. The summed E-state index contributed by atoms with van der Waals surface area (Å²) in [7, 11) is 0. The third-order valence-electron chi connectivity index (χ3n) is 5.42. The van der Waals surface area contributed by atoms with Crippen LogP contribution in [0, 0.1) is 13.8 Å². The first kappa shape index (κ1) is 20.2. The second-order valence-electron chi connectivity index (χ2n) is 7.75. The van der Waals surface area contributed by atoms with Crippen LogP contribution in [-0.4, -0.2) is 21.3 Å². The molecule has 1 heterocycles. The minimum absolute atomic E-state index is 0.674. The molecule has 0 aliphatic heterocycles. The molecule has 1 unspecified atom stereocenters. The maximum Gasteiger partial charge on any atom is 0.143 e. The van der Waals surface area contributed by atoms with Crippen LogP contribution in [0.1, 0.15) is 41.5 Å². The monoisotopic (exact) mass is 400 g/mol. The van der Waals surface area contributed by atoms with Gasteiger partial charge in [0.1, 0.15) is 17.7 Å². The van der Waals surface area contributed by atoms with Crippen LogP contribution < -0.4 is 4.74 Å². The molecule has 4 nitrogen and oxygen atoms in total. The van der Waals surface area contributed by atoms with Crippen molar-refractivity contribution in [2.75, 3.05) is 6.61 Å². The summed E-state index contributed by atoms with van der Waals surface area (Å²) >= 11 is 0.